The van der Waals surface area contributed by atoms with Crippen LogP contribution in [-0.4, -0.2) is 224 Å². The summed E-state index contributed by atoms with van der Waals surface area (Å²) in [5, 5.41) is 68.6. The van der Waals surface area contributed by atoms with Crippen LogP contribution in [0.15, 0.2) is 52.8 Å². The molecule has 23 nitrogen and oxygen atoms in total. The number of piperidine rings is 2. The number of amides is 3. The molecule has 0 aromatic carbocycles. The summed E-state index contributed by atoms with van der Waals surface area (Å²) in [5.74, 6) is -8.13. The minimum atomic E-state index is -2.48. The molecule has 0 spiro atoms. The average molecular weight is 1220 g/mol. The van der Waals surface area contributed by atoms with E-state index in [1.54, 1.807) is 41.1 Å². The van der Waals surface area contributed by atoms with Crippen molar-refractivity contribution in [2.75, 3.05) is 80.5 Å². The summed E-state index contributed by atoms with van der Waals surface area (Å²) in [7, 11) is 4.69. The molecule has 1 aliphatic carbocycles. The van der Waals surface area contributed by atoms with Gasteiger partial charge in [0.1, 0.15) is 24.4 Å². The van der Waals surface area contributed by atoms with Gasteiger partial charge in [-0.1, -0.05) is 69.3 Å². The van der Waals surface area contributed by atoms with Crippen LogP contribution in [0.4, 0.5) is 0 Å². The molecule has 4 fully saturated rings. The molecule has 4 aliphatic heterocycles. The summed E-state index contributed by atoms with van der Waals surface area (Å²) >= 11 is 0. The summed E-state index contributed by atoms with van der Waals surface area (Å²) in [6.45, 7) is 13.4. The molecule has 0 radical (unpaired) electrons. The second-order valence-corrected chi connectivity index (χ2v) is 24.7. The van der Waals surface area contributed by atoms with Crippen LogP contribution in [0.5, 0.6) is 0 Å². The van der Waals surface area contributed by atoms with Crippen LogP contribution in [0.25, 0.3) is 0 Å². The number of methoxy groups -OCH3 is 3. The molecule has 1 saturated carbocycles. The average Bonchev–Trinajstić information content (AvgIpc) is 1.16. The van der Waals surface area contributed by atoms with E-state index in [0.717, 1.165) is 10.5 Å². The summed E-state index contributed by atoms with van der Waals surface area (Å²) in [5.41, 5.74) is 8.18. The highest BCUT2D eigenvalue weighted by molar-refractivity contribution is 6.39. The monoisotopic (exact) mass is 1220 g/mol. The number of carbonyl (C=O) groups is 5. The predicted octanol–water partition coefficient (Wildman–Crippen LogP) is 3.17. The Morgan fingerprint density at radius 2 is 1.56 bits per heavy atom. The first-order valence-corrected chi connectivity index (χ1v) is 31.2. The highest BCUT2D eigenvalue weighted by Gasteiger charge is 2.53. The second-order valence-electron chi connectivity index (χ2n) is 24.7. The largest absolute Gasteiger partial charge is 0.459 e. The summed E-state index contributed by atoms with van der Waals surface area (Å²) in [6.07, 6.45) is 9.16. The number of fused-ring (bicyclic) bond motifs is 3. The highest BCUT2D eigenvalue weighted by Crippen LogP contribution is 2.37. The number of carbonyl (C=O) groups excluding carboxylic acids is 5. The van der Waals surface area contributed by atoms with Crippen LogP contribution >= 0.6 is 0 Å². The number of likely N-dealkylation sites (tertiary alicyclic amines) is 1. The molecule has 3 saturated heterocycles. The van der Waals surface area contributed by atoms with E-state index in [0.29, 0.717) is 110 Å². The quantitative estimate of drug-likeness (QED) is 0.0341. The number of ether oxygens (including phenoxy) is 6. The van der Waals surface area contributed by atoms with Crippen LogP contribution in [0.1, 0.15) is 131 Å². The van der Waals surface area contributed by atoms with Gasteiger partial charge in [-0.15, -0.1) is 0 Å². The number of rotatable bonds is 17. The normalized spacial score (nSPS) is 36.1. The van der Waals surface area contributed by atoms with Gasteiger partial charge in [-0.2, -0.15) is 0 Å². The number of oxime groups is 1. The van der Waals surface area contributed by atoms with Crippen molar-refractivity contribution in [1.29, 1.82) is 0 Å². The van der Waals surface area contributed by atoms with Gasteiger partial charge in [0, 0.05) is 90.2 Å². The fourth-order valence-corrected chi connectivity index (χ4v) is 12.4. The van der Waals surface area contributed by atoms with Crippen molar-refractivity contribution in [3.63, 3.8) is 0 Å². The van der Waals surface area contributed by atoms with Gasteiger partial charge in [-0.25, -0.2) is 4.79 Å². The number of Topliss-reactive ketones (excluding diaryl/α,β-unsaturated/α-hetero) is 1. The number of allylic oxidation sites excluding steroid dienone is 5. The number of aliphatic hydroxyl groups excluding tert-OH is 4. The molecule has 0 aromatic heterocycles. The fourth-order valence-electron chi connectivity index (χ4n) is 12.4. The zero-order valence-electron chi connectivity index (χ0n) is 52.5. The molecule has 0 unspecified atom stereocenters. The lowest BCUT2D eigenvalue weighted by atomic mass is 9.80. The third-order valence-corrected chi connectivity index (χ3v) is 17.9. The Labute approximate surface area is 509 Å². The van der Waals surface area contributed by atoms with E-state index in [-0.39, 0.29) is 67.4 Å². The lowest BCUT2D eigenvalue weighted by Crippen LogP contribution is -2.61. The second kappa shape index (κ2) is 36.2. The van der Waals surface area contributed by atoms with Gasteiger partial charge in [0.15, 0.2) is 6.61 Å². The molecule has 23 heteroatoms. The topological polar surface area (TPSA) is 320 Å². The molecule has 0 aromatic rings. The van der Waals surface area contributed by atoms with Crippen LogP contribution in [-0.2, 0) is 57.2 Å². The van der Waals surface area contributed by atoms with Gasteiger partial charge in [0.05, 0.1) is 62.6 Å². The van der Waals surface area contributed by atoms with Gasteiger partial charge >= 0.3 is 5.97 Å². The minimum Gasteiger partial charge on any atom is -0.459 e. The van der Waals surface area contributed by atoms with Crippen molar-refractivity contribution in [3.05, 3.63) is 47.6 Å². The van der Waals surface area contributed by atoms with Gasteiger partial charge in [0.2, 0.25) is 11.7 Å². The van der Waals surface area contributed by atoms with Gasteiger partial charge < -0.3 is 80.1 Å². The standard InChI is InChI=1S/C63H104N6O17/c1-39-15-11-10-12-16-40(2)52(81-8)35-47-20-18-44(6)63(79,86-47)60(76)61(77)69-25-14-13-17-49(69)62(78)85-53(48(64)33-45-19-21-50(70)54(34-45)82-9)36-51(71)41(3)32-43(5)58(74)59(75)57(42(4)31-39)67-84-38-56(73)66-46-22-26-68(27-23-46)37-55(72)65-24-28-83-30-29-80-7/h10-12,15-16,32,39,41-42,44-54,58-59,70-71,74-75,79H,13-14,17-31,33-38,64H2,1-9H3,(H,65,72)(H,66,73)/b12-10+,15-11+,40-16+,43-32+,67-57+/t39-,41-,42-,44-,45+,47+,48-,49+,50-,51-,52+,53+,54-,58-,59+,63-/m1/s1. The summed E-state index contributed by atoms with van der Waals surface area (Å²) in [6, 6.07) is -2.21. The van der Waals surface area contributed by atoms with Crippen LogP contribution in [0, 0.1) is 29.6 Å². The highest BCUT2D eigenvalue weighted by atomic mass is 16.6. The van der Waals surface area contributed by atoms with Crippen molar-refractivity contribution >= 4 is 35.2 Å². The smallest absolute Gasteiger partial charge is 0.329 e. The van der Waals surface area contributed by atoms with E-state index in [9.17, 15) is 49.5 Å². The van der Waals surface area contributed by atoms with Gasteiger partial charge in [-0.3, -0.25) is 24.1 Å². The molecule has 16 atom stereocenters. The molecule has 4 heterocycles. The van der Waals surface area contributed by atoms with Crippen molar-refractivity contribution < 1.29 is 82.8 Å². The summed E-state index contributed by atoms with van der Waals surface area (Å²) < 4.78 is 34.3. The molecular formula is C63H104N6O17. The Bertz CT molecular complexity index is 2310. The minimum absolute atomic E-state index is 0.0294. The zero-order chi connectivity index (χ0) is 63.1. The molecule has 5 rings (SSSR count). The number of hydrogen-bond donors (Lipinski definition) is 8. The van der Waals surface area contributed by atoms with Crippen LogP contribution < -0.4 is 16.4 Å². The number of nitrogens with one attached hydrogen (secondary N) is 2. The van der Waals surface area contributed by atoms with E-state index in [4.69, 9.17) is 39.0 Å². The van der Waals surface area contributed by atoms with Crippen molar-refractivity contribution in [1.82, 2.24) is 20.4 Å². The maximum atomic E-state index is 14.6. The SMILES string of the molecule is COCCOCCNC(=O)CN1CCC(NC(=O)CO/N=C2\[C@H](C)C[C@H](C)/C=C/C=C/C=C(\C)[C@@H](OC)C[C@@H]3CC[C@@H](C)[C@@](O)(O3)C(=O)C(=O)N3CCCC[C@H]3C(=O)O[C@H]([C@H](N)C[C@@H]3CC[C@@H](O)[C@H](OC)C3)C[C@@H](O)[C@H](C)/C=C(\C)[C@@H](O)[C@H]2O)CC1. The van der Waals surface area contributed by atoms with E-state index in [1.165, 1.54) is 7.11 Å². The van der Waals surface area contributed by atoms with Crippen LogP contribution in [0.3, 0.4) is 0 Å². The summed E-state index contributed by atoms with van der Waals surface area (Å²) in [4.78, 5) is 77.9. The zero-order valence-corrected chi connectivity index (χ0v) is 52.5. The Hall–Kier alpha value is -4.50. The number of aliphatic hydroxyl groups is 5. The van der Waals surface area contributed by atoms with E-state index in [1.807, 2.05) is 56.1 Å². The number of cyclic esters (lactones) is 1. The van der Waals surface area contributed by atoms with Gasteiger partial charge in [-0.05, 0) is 114 Å². The predicted molar refractivity (Wildman–Crippen MR) is 322 cm³/mol. The number of nitrogens with zero attached hydrogens (tertiary/aromatic N) is 3. The Kier molecular flexibility index (Phi) is 30.4. The third-order valence-electron chi connectivity index (χ3n) is 17.9. The third kappa shape index (κ3) is 21.9. The number of hydrogen-bond acceptors (Lipinski definition) is 20. The van der Waals surface area contributed by atoms with Crippen molar-refractivity contribution in [2.45, 2.75) is 204 Å². The van der Waals surface area contributed by atoms with Crippen molar-refractivity contribution in [2.24, 2.45) is 40.5 Å². The Balaban J connectivity index is 1.39. The number of nitrogens with two attached hydrogens (primary N) is 1. The molecule has 3 amide bonds. The maximum absolute atomic E-state index is 14.6. The van der Waals surface area contributed by atoms with E-state index < -0.39 is 115 Å². The van der Waals surface area contributed by atoms with Gasteiger partial charge in [0.25, 0.3) is 17.6 Å². The lowest BCUT2D eigenvalue weighted by Gasteiger charge is -2.42. The number of ketones is 1. The molecule has 5 aliphatic rings. The van der Waals surface area contributed by atoms with Crippen molar-refractivity contribution in [3.8, 4) is 0 Å². The molecule has 9 N–H and O–H groups in total. The molecule has 86 heavy (non-hydrogen) atoms. The molecule has 488 valence electrons. The first-order valence-electron chi connectivity index (χ1n) is 31.2. The first-order chi connectivity index (χ1) is 41.0. The Morgan fingerprint density at radius 3 is 2.27 bits per heavy atom. The first kappa shape index (κ1) is 72.2. The maximum Gasteiger partial charge on any atom is 0.329 e. The number of esters is 1. The van der Waals surface area contributed by atoms with E-state index >= 15 is 0 Å². The fraction of sp³-hybridized carbons (Fsp3) is 0.778. The molecular weight excluding hydrogens is 1110 g/mol. The molecule has 2 bridgehead atoms. The van der Waals surface area contributed by atoms with Crippen LogP contribution in [0.2, 0.25) is 0 Å². The van der Waals surface area contributed by atoms with E-state index in [2.05, 4.69) is 15.8 Å². The Morgan fingerprint density at radius 1 is 0.814 bits per heavy atom. The lowest BCUT2D eigenvalue weighted by molar-refractivity contribution is -0.265.